The average Bonchev–Trinajstić information content (AvgIpc) is 2.95. The van der Waals surface area contributed by atoms with Gasteiger partial charge in [0, 0.05) is 16.1 Å². The molecule has 3 nitrogen and oxygen atoms in total. The van der Waals surface area contributed by atoms with Crippen LogP contribution in [0.15, 0.2) is 42.7 Å². The molecule has 0 aliphatic heterocycles. The van der Waals surface area contributed by atoms with E-state index < -0.39 is 0 Å². The SMILES string of the molecule is Cc1cc(C)c(Nc2ncnc3sc(C)c(-c4ccc(F)cc4)c23)c(C)c1. The van der Waals surface area contributed by atoms with E-state index in [0.717, 1.165) is 37.7 Å². The average molecular weight is 377 g/mol. The van der Waals surface area contributed by atoms with E-state index in [9.17, 15) is 4.39 Å². The Labute approximate surface area is 161 Å². The molecule has 0 spiro atoms. The smallest absolute Gasteiger partial charge is 0.143 e. The quantitative estimate of drug-likeness (QED) is 0.444. The molecule has 136 valence electrons. The van der Waals surface area contributed by atoms with Crippen LogP contribution in [0.1, 0.15) is 21.6 Å². The Morgan fingerprint density at radius 2 is 1.59 bits per heavy atom. The highest BCUT2D eigenvalue weighted by Crippen LogP contribution is 2.41. The third-order valence-electron chi connectivity index (χ3n) is 4.72. The third kappa shape index (κ3) is 3.19. The van der Waals surface area contributed by atoms with E-state index in [0.29, 0.717) is 0 Å². The number of fused-ring (bicyclic) bond motifs is 1. The fourth-order valence-electron chi connectivity index (χ4n) is 3.60. The maximum Gasteiger partial charge on any atom is 0.143 e. The molecule has 0 amide bonds. The molecule has 4 aromatic rings. The first-order valence-corrected chi connectivity index (χ1v) is 9.60. The first-order valence-electron chi connectivity index (χ1n) is 8.79. The zero-order valence-corrected chi connectivity index (χ0v) is 16.5. The molecule has 0 saturated carbocycles. The second-order valence-corrected chi connectivity index (χ2v) is 8.04. The lowest BCUT2D eigenvalue weighted by Gasteiger charge is -2.14. The van der Waals surface area contributed by atoms with Crippen LogP contribution in [0.4, 0.5) is 15.9 Å². The van der Waals surface area contributed by atoms with Crippen LogP contribution < -0.4 is 5.32 Å². The number of aryl methyl sites for hydroxylation is 4. The van der Waals surface area contributed by atoms with Crippen LogP contribution in [0.5, 0.6) is 0 Å². The van der Waals surface area contributed by atoms with Gasteiger partial charge >= 0.3 is 0 Å². The number of aromatic nitrogens is 2. The molecule has 0 aliphatic rings. The minimum atomic E-state index is -0.239. The van der Waals surface area contributed by atoms with E-state index in [1.165, 1.54) is 28.8 Å². The molecule has 0 bridgehead atoms. The molecular weight excluding hydrogens is 357 g/mol. The van der Waals surface area contributed by atoms with Crippen molar-refractivity contribution in [3.8, 4) is 11.1 Å². The van der Waals surface area contributed by atoms with Crippen molar-refractivity contribution in [2.45, 2.75) is 27.7 Å². The highest BCUT2D eigenvalue weighted by Gasteiger charge is 2.18. The van der Waals surface area contributed by atoms with Crippen molar-refractivity contribution < 1.29 is 4.39 Å². The molecule has 1 N–H and O–H groups in total. The summed E-state index contributed by atoms with van der Waals surface area (Å²) in [5.74, 6) is 0.537. The van der Waals surface area contributed by atoms with Gasteiger partial charge < -0.3 is 5.32 Å². The highest BCUT2D eigenvalue weighted by atomic mass is 32.1. The number of hydrogen-bond acceptors (Lipinski definition) is 4. The van der Waals surface area contributed by atoms with Crippen LogP contribution in [-0.2, 0) is 0 Å². The number of hydrogen-bond donors (Lipinski definition) is 1. The van der Waals surface area contributed by atoms with Gasteiger partial charge in [-0.3, -0.25) is 0 Å². The number of nitrogens with one attached hydrogen (secondary N) is 1. The molecule has 0 atom stereocenters. The number of benzene rings is 2. The normalized spacial score (nSPS) is 11.1. The first kappa shape index (κ1) is 17.6. The lowest BCUT2D eigenvalue weighted by molar-refractivity contribution is 0.628. The maximum absolute atomic E-state index is 13.4. The second-order valence-electron chi connectivity index (χ2n) is 6.84. The fourth-order valence-corrected chi connectivity index (χ4v) is 4.61. The number of anilines is 2. The van der Waals surface area contributed by atoms with Crippen molar-refractivity contribution in [1.82, 2.24) is 9.97 Å². The molecule has 0 unspecified atom stereocenters. The number of rotatable bonds is 3. The van der Waals surface area contributed by atoms with E-state index in [1.54, 1.807) is 17.7 Å². The lowest BCUT2D eigenvalue weighted by atomic mass is 10.0. The third-order valence-corrected chi connectivity index (χ3v) is 5.73. The minimum absolute atomic E-state index is 0.239. The van der Waals surface area contributed by atoms with Gasteiger partial charge in [0.2, 0.25) is 0 Å². The Bertz CT molecular complexity index is 1120. The molecule has 0 aliphatic carbocycles. The van der Waals surface area contributed by atoms with Crippen molar-refractivity contribution in [3.63, 3.8) is 0 Å². The van der Waals surface area contributed by atoms with Crippen LogP contribution in [0.25, 0.3) is 21.3 Å². The van der Waals surface area contributed by atoms with Gasteiger partial charge in [0.15, 0.2) is 0 Å². The molecule has 0 fully saturated rings. The van der Waals surface area contributed by atoms with Crippen LogP contribution >= 0.6 is 11.3 Å². The molecule has 2 aromatic heterocycles. The highest BCUT2D eigenvalue weighted by molar-refractivity contribution is 7.19. The summed E-state index contributed by atoms with van der Waals surface area (Å²) < 4.78 is 13.4. The fraction of sp³-hybridized carbons (Fsp3) is 0.182. The molecule has 27 heavy (non-hydrogen) atoms. The Morgan fingerprint density at radius 1 is 0.926 bits per heavy atom. The van der Waals surface area contributed by atoms with Gasteiger partial charge in [-0.15, -0.1) is 11.3 Å². The largest absolute Gasteiger partial charge is 0.339 e. The predicted octanol–water partition coefficient (Wildman–Crippen LogP) is 6.47. The van der Waals surface area contributed by atoms with Crippen molar-refractivity contribution >= 4 is 33.1 Å². The molecule has 0 saturated heterocycles. The van der Waals surface area contributed by atoms with Gasteiger partial charge in [-0.2, -0.15) is 0 Å². The lowest BCUT2D eigenvalue weighted by Crippen LogP contribution is -2.00. The van der Waals surface area contributed by atoms with Crippen LogP contribution in [0.2, 0.25) is 0 Å². The summed E-state index contributed by atoms with van der Waals surface area (Å²) in [6.45, 7) is 8.36. The molecule has 4 rings (SSSR count). The number of nitrogens with zero attached hydrogens (tertiary/aromatic N) is 2. The minimum Gasteiger partial charge on any atom is -0.339 e. The molecule has 2 aromatic carbocycles. The zero-order valence-electron chi connectivity index (χ0n) is 15.7. The monoisotopic (exact) mass is 377 g/mol. The zero-order chi connectivity index (χ0) is 19.1. The molecular formula is C22H20FN3S. The van der Waals surface area contributed by atoms with Gasteiger partial charge in [0.1, 0.15) is 22.8 Å². The maximum atomic E-state index is 13.4. The summed E-state index contributed by atoms with van der Waals surface area (Å²) in [5.41, 5.74) is 6.68. The van der Waals surface area contributed by atoms with Gasteiger partial charge in [-0.25, -0.2) is 14.4 Å². The summed E-state index contributed by atoms with van der Waals surface area (Å²) >= 11 is 1.63. The van der Waals surface area contributed by atoms with Crippen LogP contribution in [0, 0.1) is 33.5 Å². The van der Waals surface area contributed by atoms with E-state index in [-0.39, 0.29) is 5.82 Å². The Morgan fingerprint density at radius 3 is 2.26 bits per heavy atom. The molecule has 2 heterocycles. The summed E-state index contributed by atoms with van der Waals surface area (Å²) in [7, 11) is 0. The van der Waals surface area contributed by atoms with Gasteiger partial charge in [0.25, 0.3) is 0 Å². The predicted molar refractivity (Wildman–Crippen MR) is 111 cm³/mol. The van der Waals surface area contributed by atoms with Crippen molar-refractivity contribution in [2.75, 3.05) is 5.32 Å². The van der Waals surface area contributed by atoms with Crippen molar-refractivity contribution in [3.05, 3.63) is 70.1 Å². The Kier molecular flexibility index (Phi) is 4.40. The van der Waals surface area contributed by atoms with E-state index in [2.05, 4.69) is 55.1 Å². The Balaban J connectivity index is 1.91. The number of halogens is 1. The summed E-state index contributed by atoms with van der Waals surface area (Å²) in [5, 5.41) is 4.50. The van der Waals surface area contributed by atoms with E-state index in [1.807, 2.05) is 12.1 Å². The van der Waals surface area contributed by atoms with Gasteiger partial charge in [-0.05, 0) is 56.5 Å². The number of thiophene rings is 1. The van der Waals surface area contributed by atoms with Crippen LogP contribution in [0.3, 0.4) is 0 Å². The Hall–Kier alpha value is -2.79. The topological polar surface area (TPSA) is 37.8 Å². The molecule has 5 heteroatoms. The second kappa shape index (κ2) is 6.74. The van der Waals surface area contributed by atoms with Gasteiger partial charge in [0.05, 0.1) is 5.39 Å². The van der Waals surface area contributed by atoms with Crippen molar-refractivity contribution in [1.29, 1.82) is 0 Å². The van der Waals surface area contributed by atoms with E-state index in [4.69, 9.17) is 0 Å². The first-order chi connectivity index (χ1) is 12.9. The van der Waals surface area contributed by atoms with E-state index >= 15 is 0 Å². The molecule has 0 radical (unpaired) electrons. The summed E-state index contributed by atoms with van der Waals surface area (Å²) in [6, 6.07) is 10.9. The van der Waals surface area contributed by atoms with Crippen LogP contribution in [-0.4, -0.2) is 9.97 Å². The van der Waals surface area contributed by atoms with Crippen molar-refractivity contribution in [2.24, 2.45) is 0 Å². The standard InChI is InChI=1S/C22H20FN3S/c1-12-9-13(2)20(14(3)10-12)26-21-19-18(16-5-7-17(23)8-6-16)15(4)27-22(19)25-11-24-21/h5-11H,1-4H3,(H,24,25,26). The summed E-state index contributed by atoms with van der Waals surface area (Å²) in [6.07, 6.45) is 1.59. The van der Waals surface area contributed by atoms with Gasteiger partial charge in [-0.1, -0.05) is 29.8 Å². The summed E-state index contributed by atoms with van der Waals surface area (Å²) in [4.78, 5) is 11.1.